The van der Waals surface area contributed by atoms with Crippen LogP contribution in [0, 0.1) is 5.92 Å². The fraction of sp³-hybridized carbons (Fsp3) is 0.720. The van der Waals surface area contributed by atoms with Crippen LogP contribution in [0.2, 0.25) is 0 Å². The number of rotatable bonds is 8. The summed E-state index contributed by atoms with van der Waals surface area (Å²) in [7, 11) is 4.07. The Morgan fingerprint density at radius 2 is 1.55 bits per heavy atom. The van der Waals surface area contributed by atoms with E-state index in [0.717, 1.165) is 51.8 Å². The highest BCUT2D eigenvalue weighted by atomic mass is 15.3. The van der Waals surface area contributed by atoms with E-state index in [9.17, 15) is 0 Å². The Bertz CT molecular complexity index is 657. The Kier molecular flexibility index (Phi) is 9.62. The first-order chi connectivity index (χ1) is 15.0. The third kappa shape index (κ3) is 7.78. The lowest BCUT2D eigenvalue weighted by Gasteiger charge is -2.40. The highest BCUT2D eigenvalue weighted by Crippen LogP contribution is 2.14. The molecule has 6 nitrogen and oxygen atoms in total. The fourth-order valence-corrected chi connectivity index (χ4v) is 4.69. The predicted octanol–water partition coefficient (Wildman–Crippen LogP) is 2.61. The molecule has 1 atom stereocenters. The molecule has 1 unspecified atom stereocenters. The summed E-state index contributed by atoms with van der Waals surface area (Å²) in [4.78, 5) is 12.1. The highest BCUT2D eigenvalue weighted by Gasteiger charge is 2.25. The summed E-state index contributed by atoms with van der Waals surface area (Å²) >= 11 is 0. The third-order valence-electron chi connectivity index (χ3n) is 6.82. The molecule has 31 heavy (non-hydrogen) atoms. The van der Waals surface area contributed by atoms with E-state index in [0.29, 0.717) is 12.0 Å². The number of benzene rings is 1. The molecule has 0 amide bonds. The van der Waals surface area contributed by atoms with Gasteiger partial charge in [-0.2, -0.15) is 0 Å². The molecular weight excluding hydrogens is 384 g/mol. The first kappa shape index (κ1) is 24.0. The van der Waals surface area contributed by atoms with Crippen LogP contribution in [0.1, 0.15) is 44.2 Å². The molecule has 3 rings (SSSR count). The maximum atomic E-state index is 4.45. The van der Waals surface area contributed by atoms with Gasteiger partial charge in [0, 0.05) is 58.9 Å². The van der Waals surface area contributed by atoms with E-state index >= 15 is 0 Å². The molecule has 0 saturated carbocycles. The Morgan fingerprint density at radius 1 is 0.903 bits per heavy atom. The predicted molar refractivity (Wildman–Crippen MR) is 131 cm³/mol. The van der Waals surface area contributed by atoms with E-state index in [1.165, 1.54) is 43.5 Å². The van der Waals surface area contributed by atoms with Gasteiger partial charge in [0.05, 0.1) is 0 Å². The first-order valence-electron chi connectivity index (χ1n) is 12.2. The summed E-state index contributed by atoms with van der Waals surface area (Å²) in [6, 6.07) is 9.59. The van der Waals surface area contributed by atoms with Crippen molar-refractivity contribution < 1.29 is 0 Å². The van der Waals surface area contributed by atoms with Crippen LogP contribution in [0.15, 0.2) is 29.3 Å². The molecule has 1 aromatic carbocycles. The lowest BCUT2D eigenvalue weighted by atomic mass is 10.0. The van der Waals surface area contributed by atoms with Crippen molar-refractivity contribution in [1.82, 2.24) is 25.3 Å². The minimum Gasteiger partial charge on any atom is -0.355 e. The van der Waals surface area contributed by atoms with Gasteiger partial charge < -0.3 is 15.5 Å². The van der Waals surface area contributed by atoms with Crippen LogP contribution in [-0.2, 0) is 13.1 Å². The van der Waals surface area contributed by atoms with Crippen molar-refractivity contribution in [3.63, 3.8) is 0 Å². The second-order valence-corrected chi connectivity index (χ2v) is 9.61. The molecule has 2 saturated heterocycles. The van der Waals surface area contributed by atoms with Gasteiger partial charge >= 0.3 is 0 Å². The zero-order valence-electron chi connectivity index (χ0n) is 20.2. The van der Waals surface area contributed by atoms with Gasteiger partial charge in [0.15, 0.2) is 5.96 Å². The van der Waals surface area contributed by atoms with E-state index in [1.54, 1.807) is 0 Å². The number of aliphatic imine (C=N–C) groups is 1. The molecule has 2 heterocycles. The van der Waals surface area contributed by atoms with Crippen molar-refractivity contribution in [1.29, 1.82) is 0 Å². The van der Waals surface area contributed by atoms with Gasteiger partial charge in [-0.15, -0.1) is 0 Å². The molecular formula is C25H44N6. The van der Waals surface area contributed by atoms with Crippen LogP contribution in [0.3, 0.4) is 0 Å². The second kappa shape index (κ2) is 12.4. The summed E-state index contributed by atoms with van der Waals surface area (Å²) in [5, 5.41) is 7.06. The fourth-order valence-electron chi connectivity index (χ4n) is 4.69. The van der Waals surface area contributed by atoms with Gasteiger partial charge in [0.1, 0.15) is 0 Å². The number of piperazine rings is 1. The molecule has 174 valence electrons. The number of piperidine rings is 1. The van der Waals surface area contributed by atoms with Gasteiger partial charge in [-0.05, 0) is 50.0 Å². The molecule has 2 aliphatic heterocycles. The molecule has 2 fully saturated rings. The third-order valence-corrected chi connectivity index (χ3v) is 6.82. The van der Waals surface area contributed by atoms with Crippen LogP contribution in [0.4, 0.5) is 0 Å². The van der Waals surface area contributed by atoms with Crippen molar-refractivity contribution in [2.24, 2.45) is 10.9 Å². The monoisotopic (exact) mass is 428 g/mol. The quantitative estimate of drug-likeness (QED) is 0.492. The molecule has 0 radical (unpaired) electrons. The minimum atomic E-state index is 0.529. The number of nitrogens with one attached hydrogen (secondary N) is 2. The number of nitrogens with zero attached hydrogens (tertiary/aromatic N) is 4. The van der Waals surface area contributed by atoms with Crippen LogP contribution in [-0.4, -0.2) is 86.6 Å². The number of likely N-dealkylation sites (tertiary alicyclic amines) is 1. The van der Waals surface area contributed by atoms with Crippen LogP contribution >= 0.6 is 0 Å². The van der Waals surface area contributed by atoms with Crippen LogP contribution < -0.4 is 10.6 Å². The maximum absolute atomic E-state index is 4.45. The van der Waals surface area contributed by atoms with Gasteiger partial charge in [0.2, 0.25) is 0 Å². The number of hydrogen-bond acceptors (Lipinski definition) is 4. The van der Waals surface area contributed by atoms with Crippen molar-refractivity contribution in [3.8, 4) is 0 Å². The van der Waals surface area contributed by atoms with Crippen LogP contribution in [0.5, 0.6) is 0 Å². The molecule has 2 aliphatic rings. The molecule has 1 aromatic rings. The molecule has 0 aliphatic carbocycles. The van der Waals surface area contributed by atoms with E-state index < -0.39 is 0 Å². The number of hydrogen-bond donors (Lipinski definition) is 2. The average molecular weight is 429 g/mol. The average Bonchev–Trinajstić information content (AvgIpc) is 2.78. The van der Waals surface area contributed by atoms with E-state index in [2.05, 4.69) is 75.5 Å². The second-order valence-electron chi connectivity index (χ2n) is 9.61. The summed E-state index contributed by atoms with van der Waals surface area (Å²) in [6.07, 6.45) is 4.09. The van der Waals surface area contributed by atoms with Gasteiger partial charge in [-0.3, -0.25) is 14.8 Å². The highest BCUT2D eigenvalue weighted by molar-refractivity contribution is 5.79. The molecule has 6 heteroatoms. The molecule has 0 bridgehead atoms. The van der Waals surface area contributed by atoms with Crippen molar-refractivity contribution in [3.05, 3.63) is 35.4 Å². The minimum absolute atomic E-state index is 0.529. The van der Waals surface area contributed by atoms with E-state index in [-0.39, 0.29) is 0 Å². The SMILES string of the molecule is CN=C(NCc1ccc(CN2CCCCC2)cc1)NCC(C(C)C)N1CCN(C)CC1. The standard InChI is InChI=1S/C25H44N6/c1-21(2)24(31-16-14-29(4)15-17-31)19-28-25(26-3)27-18-22-8-10-23(11-9-22)20-30-12-6-5-7-13-30/h8-11,21,24H,5-7,12-20H2,1-4H3,(H2,26,27,28). The lowest BCUT2D eigenvalue weighted by molar-refractivity contribution is 0.0900. The first-order valence-corrected chi connectivity index (χ1v) is 12.2. The molecule has 0 aromatic heterocycles. The topological polar surface area (TPSA) is 46.1 Å². The maximum Gasteiger partial charge on any atom is 0.191 e. The summed E-state index contributed by atoms with van der Waals surface area (Å²) in [5.41, 5.74) is 2.71. The summed E-state index contributed by atoms with van der Waals surface area (Å²) < 4.78 is 0. The Hall–Kier alpha value is -1.63. The smallest absolute Gasteiger partial charge is 0.191 e. The van der Waals surface area contributed by atoms with Crippen LogP contribution in [0.25, 0.3) is 0 Å². The zero-order valence-corrected chi connectivity index (χ0v) is 20.2. The number of likely N-dealkylation sites (N-methyl/N-ethyl adjacent to an activating group) is 1. The molecule has 2 N–H and O–H groups in total. The Morgan fingerprint density at radius 3 is 2.16 bits per heavy atom. The summed E-state index contributed by atoms with van der Waals surface area (Å²) in [5.74, 6) is 1.50. The van der Waals surface area contributed by atoms with Crippen molar-refractivity contribution >= 4 is 5.96 Å². The van der Waals surface area contributed by atoms with Crippen molar-refractivity contribution in [2.45, 2.75) is 52.2 Å². The van der Waals surface area contributed by atoms with Gasteiger partial charge in [0.25, 0.3) is 0 Å². The number of guanidine groups is 1. The van der Waals surface area contributed by atoms with Gasteiger partial charge in [-0.25, -0.2) is 0 Å². The zero-order chi connectivity index (χ0) is 22.1. The molecule has 0 spiro atoms. The van der Waals surface area contributed by atoms with Gasteiger partial charge in [-0.1, -0.05) is 44.5 Å². The largest absolute Gasteiger partial charge is 0.355 e. The normalized spacial score (nSPS) is 20.7. The van der Waals surface area contributed by atoms with Crippen molar-refractivity contribution in [2.75, 3.05) is 59.9 Å². The lowest BCUT2D eigenvalue weighted by Crippen LogP contribution is -2.55. The van der Waals surface area contributed by atoms with E-state index in [4.69, 9.17) is 0 Å². The summed E-state index contributed by atoms with van der Waals surface area (Å²) in [6.45, 7) is 14.6. The van der Waals surface area contributed by atoms with E-state index in [1.807, 2.05) is 7.05 Å². The Labute approximate surface area is 190 Å². The Balaban J connectivity index is 1.44.